The van der Waals surface area contributed by atoms with E-state index in [-0.39, 0.29) is 50.0 Å². The number of carbonyl (C=O) groups is 2. The quantitative estimate of drug-likeness (QED) is 0.308. The van der Waals surface area contributed by atoms with Gasteiger partial charge in [-0.05, 0) is 18.8 Å². The summed E-state index contributed by atoms with van der Waals surface area (Å²) in [5.41, 5.74) is 3.58. The van der Waals surface area contributed by atoms with E-state index in [9.17, 15) is 35.9 Å². The summed E-state index contributed by atoms with van der Waals surface area (Å²) in [6, 6.07) is -1.51. The fourth-order valence-electron chi connectivity index (χ4n) is 4.57. The number of nitrogens with zero attached hydrogens (tertiary/aromatic N) is 4. The van der Waals surface area contributed by atoms with Crippen LogP contribution in [0, 0.1) is 11.8 Å². The van der Waals surface area contributed by atoms with E-state index in [2.05, 4.69) is 20.7 Å². The van der Waals surface area contributed by atoms with Crippen LogP contribution in [-0.2, 0) is 20.5 Å². The van der Waals surface area contributed by atoms with E-state index in [1.807, 2.05) is 5.43 Å². The molecule has 3 aliphatic rings. The summed E-state index contributed by atoms with van der Waals surface area (Å²) in [5, 5.41) is 2.95. The van der Waals surface area contributed by atoms with Crippen LogP contribution in [0.4, 0.5) is 32.3 Å². The number of alkyl halides is 6. The number of hydrogen-bond donors (Lipinski definition) is 3. The van der Waals surface area contributed by atoms with Crippen molar-refractivity contribution < 1.29 is 40.7 Å². The summed E-state index contributed by atoms with van der Waals surface area (Å²) >= 11 is 0. The second kappa shape index (κ2) is 11.6. The highest BCUT2D eigenvalue weighted by atomic mass is 19.4. The molecule has 1 saturated carbocycles. The summed E-state index contributed by atoms with van der Waals surface area (Å²) in [7, 11) is 0. The first-order valence-corrected chi connectivity index (χ1v) is 12.3. The van der Waals surface area contributed by atoms with Gasteiger partial charge in [-0.3, -0.25) is 15.0 Å². The minimum Gasteiger partial charge on any atom is -0.379 e. The zero-order chi connectivity index (χ0) is 27.5. The van der Waals surface area contributed by atoms with E-state index < -0.39 is 35.8 Å². The van der Waals surface area contributed by atoms with Gasteiger partial charge in [0.15, 0.2) is 5.92 Å². The molecule has 1 aliphatic carbocycles. The van der Waals surface area contributed by atoms with Crippen LogP contribution in [0.15, 0.2) is 12.4 Å². The van der Waals surface area contributed by atoms with Gasteiger partial charge in [-0.2, -0.15) is 26.3 Å². The molecule has 2 saturated heterocycles. The number of nitrogens with one attached hydrogen (secondary N) is 3. The van der Waals surface area contributed by atoms with Crippen LogP contribution in [0.25, 0.3) is 0 Å². The Morgan fingerprint density at radius 3 is 2.34 bits per heavy atom. The Morgan fingerprint density at radius 2 is 1.76 bits per heavy atom. The van der Waals surface area contributed by atoms with Crippen molar-refractivity contribution in [3.05, 3.63) is 18.0 Å². The normalized spacial score (nSPS) is 23.8. The van der Waals surface area contributed by atoms with Gasteiger partial charge in [-0.1, -0.05) is 0 Å². The van der Waals surface area contributed by atoms with Crippen molar-refractivity contribution in [3.63, 3.8) is 0 Å². The Hall–Kier alpha value is -2.72. The minimum atomic E-state index is -4.69. The highest BCUT2D eigenvalue weighted by molar-refractivity contribution is 5.80. The standard InChI is InChI=1S/C22H29F6N7O3/c23-21(24,25)14-9-29-20(30-10-14)35-6-4-34(5-7-35)17(36)3-8-38-12-16(13-1-2-13)32-15-11-31-33-19(37)18(15)22(26,27)28/h9-10,13,15-16,18,31-32H,1-8,11-12H2,(H,33,37)/t15?,16-,18?/m1/s1. The average Bonchev–Trinajstić information content (AvgIpc) is 3.70. The van der Waals surface area contributed by atoms with Crippen LogP contribution in [0.1, 0.15) is 24.8 Å². The smallest absolute Gasteiger partial charge is 0.379 e. The van der Waals surface area contributed by atoms with Crippen molar-refractivity contribution in [1.82, 2.24) is 31.0 Å². The maximum absolute atomic E-state index is 13.4. The number of rotatable bonds is 9. The minimum absolute atomic E-state index is 0.0761. The van der Waals surface area contributed by atoms with E-state index in [0.717, 1.165) is 25.2 Å². The van der Waals surface area contributed by atoms with Crippen LogP contribution in [0.3, 0.4) is 0 Å². The molecule has 3 atom stereocenters. The van der Waals surface area contributed by atoms with E-state index >= 15 is 0 Å². The molecule has 0 bridgehead atoms. The molecule has 212 valence electrons. The number of carbonyl (C=O) groups excluding carboxylic acids is 2. The Bertz CT molecular complexity index is 966. The van der Waals surface area contributed by atoms with Crippen molar-refractivity contribution in [2.75, 3.05) is 50.8 Å². The Balaban J connectivity index is 1.19. The van der Waals surface area contributed by atoms with Crippen LogP contribution >= 0.6 is 0 Å². The monoisotopic (exact) mass is 553 g/mol. The van der Waals surface area contributed by atoms with Gasteiger partial charge in [-0.15, -0.1) is 0 Å². The number of hydrazine groups is 1. The molecule has 2 aliphatic heterocycles. The number of halogens is 6. The predicted octanol–water partition coefficient (Wildman–Crippen LogP) is 1.10. The largest absolute Gasteiger partial charge is 0.419 e. The molecule has 2 unspecified atom stereocenters. The van der Waals surface area contributed by atoms with E-state index in [1.54, 1.807) is 9.80 Å². The van der Waals surface area contributed by atoms with Crippen LogP contribution < -0.4 is 21.1 Å². The van der Waals surface area contributed by atoms with E-state index in [0.29, 0.717) is 26.2 Å². The number of hydrogen-bond acceptors (Lipinski definition) is 8. The first kappa shape index (κ1) is 28.3. The third-order valence-corrected chi connectivity index (χ3v) is 6.83. The Kier molecular flexibility index (Phi) is 8.62. The van der Waals surface area contributed by atoms with Gasteiger partial charge in [0.1, 0.15) is 0 Å². The average molecular weight is 554 g/mol. The van der Waals surface area contributed by atoms with Crippen molar-refractivity contribution in [3.8, 4) is 0 Å². The van der Waals surface area contributed by atoms with Gasteiger partial charge >= 0.3 is 12.4 Å². The third-order valence-electron chi connectivity index (χ3n) is 6.83. The first-order chi connectivity index (χ1) is 17.9. The highest BCUT2D eigenvalue weighted by Crippen LogP contribution is 2.35. The Morgan fingerprint density at radius 1 is 1.11 bits per heavy atom. The summed E-state index contributed by atoms with van der Waals surface area (Å²) in [5.74, 6) is -3.17. The fourth-order valence-corrected chi connectivity index (χ4v) is 4.57. The van der Waals surface area contributed by atoms with Crippen molar-refractivity contribution in [1.29, 1.82) is 0 Å². The topological polar surface area (TPSA) is 112 Å². The molecule has 4 rings (SSSR count). The van der Waals surface area contributed by atoms with Crippen LogP contribution in [0.2, 0.25) is 0 Å². The molecule has 1 aromatic heterocycles. The van der Waals surface area contributed by atoms with E-state index in [4.69, 9.17) is 4.74 Å². The van der Waals surface area contributed by atoms with Gasteiger partial charge < -0.3 is 19.9 Å². The molecule has 1 aromatic rings. The molecule has 0 aromatic carbocycles. The summed E-state index contributed by atoms with van der Waals surface area (Å²) in [6.45, 7) is 1.50. The molecule has 2 amide bonds. The van der Waals surface area contributed by atoms with Crippen molar-refractivity contribution in [2.24, 2.45) is 11.8 Å². The van der Waals surface area contributed by atoms with Gasteiger partial charge in [0.2, 0.25) is 17.8 Å². The van der Waals surface area contributed by atoms with Crippen molar-refractivity contribution in [2.45, 2.75) is 43.7 Å². The summed E-state index contributed by atoms with van der Waals surface area (Å²) in [4.78, 5) is 35.2. The molecule has 10 nitrogen and oxygen atoms in total. The lowest BCUT2D eigenvalue weighted by Gasteiger charge is -2.36. The second-order valence-electron chi connectivity index (χ2n) is 9.57. The zero-order valence-electron chi connectivity index (χ0n) is 20.3. The Labute approximate surface area is 214 Å². The second-order valence-corrected chi connectivity index (χ2v) is 9.57. The molecule has 16 heteroatoms. The van der Waals surface area contributed by atoms with Gasteiger partial charge in [-0.25, -0.2) is 15.4 Å². The van der Waals surface area contributed by atoms with Gasteiger partial charge in [0, 0.05) is 57.2 Å². The van der Waals surface area contributed by atoms with Gasteiger partial charge in [0.25, 0.3) is 0 Å². The zero-order valence-corrected chi connectivity index (χ0v) is 20.3. The number of amides is 2. The molecule has 38 heavy (non-hydrogen) atoms. The SMILES string of the molecule is O=C1NNCC(N[C@H](COCCC(=O)N2CCN(c3ncc(C(F)(F)F)cn3)CC2)C2CC2)C1C(F)(F)F. The van der Waals surface area contributed by atoms with Crippen LogP contribution in [0.5, 0.6) is 0 Å². The lowest BCUT2D eigenvalue weighted by atomic mass is 9.95. The number of anilines is 1. The first-order valence-electron chi connectivity index (χ1n) is 12.3. The molecule has 3 heterocycles. The molecule has 0 spiro atoms. The fraction of sp³-hybridized carbons (Fsp3) is 0.727. The predicted molar refractivity (Wildman–Crippen MR) is 120 cm³/mol. The molecule has 3 fully saturated rings. The molecule has 3 N–H and O–H groups in total. The highest BCUT2D eigenvalue weighted by Gasteiger charge is 2.52. The lowest BCUT2D eigenvalue weighted by molar-refractivity contribution is -0.193. The number of piperazine rings is 1. The maximum atomic E-state index is 13.4. The van der Waals surface area contributed by atoms with Crippen LogP contribution in [-0.4, -0.2) is 90.9 Å². The van der Waals surface area contributed by atoms with Crippen molar-refractivity contribution >= 4 is 17.8 Å². The molecular weight excluding hydrogens is 524 g/mol. The molecular formula is C22H29F6N7O3. The number of ether oxygens (including phenoxy) is 1. The third kappa shape index (κ3) is 7.22. The number of aromatic nitrogens is 2. The lowest BCUT2D eigenvalue weighted by Crippen LogP contribution is -2.65. The maximum Gasteiger partial charge on any atom is 0.419 e. The van der Waals surface area contributed by atoms with Gasteiger partial charge in [0.05, 0.1) is 25.2 Å². The molecule has 0 radical (unpaired) electrons. The summed E-state index contributed by atoms with van der Waals surface area (Å²) in [6.07, 6.45) is -5.99. The van der Waals surface area contributed by atoms with E-state index in [1.165, 1.54) is 0 Å². The summed E-state index contributed by atoms with van der Waals surface area (Å²) < 4.78 is 83.9.